The van der Waals surface area contributed by atoms with Crippen LogP contribution in [-0.2, 0) is 4.74 Å². The maximum absolute atomic E-state index is 6.43. The van der Waals surface area contributed by atoms with Crippen molar-refractivity contribution in [2.24, 2.45) is 20.0 Å². The lowest BCUT2D eigenvalue weighted by atomic mass is 10.1. The monoisotopic (exact) mass is 588 g/mol. The lowest BCUT2D eigenvalue weighted by Crippen LogP contribution is -2.38. The first-order chi connectivity index (χ1) is 21.7. The fourth-order valence-electron chi connectivity index (χ4n) is 4.55. The summed E-state index contributed by atoms with van der Waals surface area (Å²) in [6, 6.07) is 28.3. The second-order valence-corrected chi connectivity index (χ2v) is 9.93. The summed E-state index contributed by atoms with van der Waals surface area (Å²) in [5, 5.41) is 0. The standard InChI is InChI=1S/C35H32N4O5/c1-25-9-8-16-33-29(25)24-39-20-19-38-23-28-12-4-7-15-32(28)42-35(43-33)44-34-40-30-13-5-2-10-26(30)21-36-17-18-37-22-27-11-3-6-14-31(27)41-34/h2-16,21-24,34-35H,17-20H2,1H3. The summed E-state index contributed by atoms with van der Waals surface area (Å²) in [6.45, 7) is 1.51. The molecule has 0 bridgehead atoms. The molecule has 9 heteroatoms. The van der Waals surface area contributed by atoms with Gasteiger partial charge in [-0.05, 0) is 55.0 Å². The van der Waals surface area contributed by atoms with Gasteiger partial charge in [-0.3, -0.25) is 20.0 Å². The van der Waals surface area contributed by atoms with E-state index in [1.54, 1.807) is 24.9 Å². The van der Waals surface area contributed by atoms with Crippen molar-refractivity contribution in [3.63, 3.8) is 0 Å². The van der Waals surface area contributed by atoms with Gasteiger partial charge in [0.25, 0.3) is 0 Å². The van der Waals surface area contributed by atoms with E-state index in [2.05, 4.69) is 20.0 Å². The first kappa shape index (κ1) is 28.8. The summed E-state index contributed by atoms with van der Waals surface area (Å²) < 4.78 is 32.0. The summed E-state index contributed by atoms with van der Waals surface area (Å²) in [7, 11) is 0. The molecule has 0 saturated heterocycles. The van der Waals surface area contributed by atoms with Crippen LogP contribution in [0.2, 0.25) is 0 Å². The summed E-state index contributed by atoms with van der Waals surface area (Å²) in [5.41, 5.74) is 4.08. The molecule has 0 radical (unpaired) electrons. The minimum absolute atomic E-state index is 0.513. The van der Waals surface area contributed by atoms with Crippen LogP contribution in [0.1, 0.15) is 27.8 Å². The van der Waals surface area contributed by atoms with E-state index in [0.29, 0.717) is 49.2 Å². The van der Waals surface area contributed by atoms with Gasteiger partial charge in [0.2, 0.25) is 0 Å². The van der Waals surface area contributed by atoms with Crippen molar-refractivity contribution in [1.82, 2.24) is 0 Å². The van der Waals surface area contributed by atoms with Gasteiger partial charge < -0.3 is 18.9 Å². The maximum Gasteiger partial charge on any atom is 0.366 e. The van der Waals surface area contributed by atoms with Gasteiger partial charge in [-0.25, -0.2) is 4.74 Å². The van der Waals surface area contributed by atoms with Gasteiger partial charge in [0.05, 0.1) is 26.2 Å². The molecule has 2 heterocycles. The Morgan fingerprint density at radius 1 is 0.477 bits per heavy atom. The molecule has 0 fully saturated rings. The molecule has 0 saturated carbocycles. The molecule has 0 spiro atoms. The van der Waals surface area contributed by atoms with Crippen LogP contribution in [0, 0.1) is 6.92 Å². The van der Waals surface area contributed by atoms with E-state index >= 15 is 0 Å². The van der Waals surface area contributed by atoms with E-state index in [-0.39, 0.29) is 0 Å². The molecular weight excluding hydrogens is 556 g/mol. The summed E-state index contributed by atoms with van der Waals surface area (Å²) >= 11 is 0. The molecule has 9 nitrogen and oxygen atoms in total. The van der Waals surface area contributed by atoms with Crippen LogP contribution >= 0.6 is 0 Å². The third-order valence-corrected chi connectivity index (χ3v) is 6.78. The van der Waals surface area contributed by atoms with E-state index < -0.39 is 13.0 Å². The normalized spacial score (nSPS) is 18.2. The highest BCUT2D eigenvalue weighted by Crippen LogP contribution is 2.28. The number of fused-ring (bicyclic) bond motifs is 4. The maximum atomic E-state index is 6.43. The number of hydrogen-bond acceptors (Lipinski definition) is 9. The third-order valence-electron chi connectivity index (χ3n) is 6.78. The summed E-state index contributed by atoms with van der Waals surface area (Å²) in [5.74, 6) is 2.07. The second kappa shape index (κ2) is 14.3. The Bertz CT molecular complexity index is 1640. The molecular formula is C35H32N4O5. The van der Waals surface area contributed by atoms with Crippen molar-refractivity contribution in [2.75, 3.05) is 26.2 Å². The van der Waals surface area contributed by atoms with Crippen LogP contribution in [0.25, 0.3) is 0 Å². The van der Waals surface area contributed by atoms with Crippen LogP contribution in [0.4, 0.5) is 0 Å². The summed E-state index contributed by atoms with van der Waals surface area (Å²) in [6.07, 6.45) is 7.06. The minimum Gasteiger partial charge on any atom is -0.431 e. The Labute approximate surface area is 256 Å². The first-order valence-corrected chi connectivity index (χ1v) is 14.4. The van der Waals surface area contributed by atoms with Gasteiger partial charge >= 0.3 is 13.0 Å². The molecule has 4 aromatic rings. The van der Waals surface area contributed by atoms with Crippen molar-refractivity contribution in [1.29, 1.82) is 0 Å². The van der Waals surface area contributed by atoms with E-state index in [1.807, 2.05) is 97.9 Å². The van der Waals surface area contributed by atoms with E-state index in [4.69, 9.17) is 23.7 Å². The first-order valence-electron chi connectivity index (χ1n) is 14.4. The average molecular weight is 589 g/mol. The van der Waals surface area contributed by atoms with Gasteiger partial charge in [0, 0.05) is 47.1 Å². The van der Waals surface area contributed by atoms with Crippen molar-refractivity contribution in [3.05, 3.63) is 119 Å². The number of nitrogens with zero attached hydrogens (tertiary/aromatic N) is 4. The molecule has 0 aliphatic carbocycles. The average Bonchev–Trinajstić information content (AvgIpc) is 3.05. The number of benzene rings is 4. The Morgan fingerprint density at radius 2 is 0.864 bits per heavy atom. The highest BCUT2D eigenvalue weighted by Gasteiger charge is 2.27. The van der Waals surface area contributed by atoms with Gasteiger partial charge in [-0.2, -0.15) is 0 Å². The zero-order chi connectivity index (χ0) is 30.0. The molecule has 4 aromatic carbocycles. The van der Waals surface area contributed by atoms with Gasteiger partial charge in [-0.15, -0.1) is 0 Å². The fourth-order valence-corrected chi connectivity index (χ4v) is 4.55. The molecule has 0 aromatic heterocycles. The van der Waals surface area contributed by atoms with Crippen LogP contribution < -0.4 is 18.9 Å². The minimum atomic E-state index is -1.30. The molecule has 6 rings (SSSR count). The zero-order valence-electron chi connectivity index (χ0n) is 24.3. The number of aryl methyl sites for hydroxylation is 1. The predicted octanol–water partition coefficient (Wildman–Crippen LogP) is 5.90. The smallest absolute Gasteiger partial charge is 0.366 e. The number of aliphatic imine (C=N–C) groups is 4. The van der Waals surface area contributed by atoms with Crippen LogP contribution in [-0.4, -0.2) is 64.0 Å². The van der Waals surface area contributed by atoms with Gasteiger partial charge in [-0.1, -0.05) is 48.5 Å². The lowest BCUT2D eigenvalue weighted by molar-refractivity contribution is -0.315. The molecule has 0 N–H and O–H groups in total. The quantitative estimate of drug-likeness (QED) is 0.291. The van der Waals surface area contributed by atoms with Crippen molar-refractivity contribution < 1.29 is 23.7 Å². The summed E-state index contributed by atoms with van der Waals surface area (Å²) in [4.78, 5) is 18.2. The molecule has 2 aliphatic heterocycles. The predicted molar refractivity (Wildman–Crippen MR) is 172 cm³/mol. The molecule has 222 valence electrons. The van der Waals surface area contributed by atoms with Crippen molar-refractivity contribution in [2.45, 2.75) is 19.9 Å². The zero-order valence-corrected chi connectivity index (χ0v) is 24.3. The highest BCUT2D eigenvalue weighted by molar-refractivity contribution is 5.86. The molecule has 44 heavy (non-hydrogen) atoms. The van der Waals surface area contributed by atoms with Crippen LogP contribution in [0.15, 0.2) is 111 Å². The second-order valence-electron chi connectivity index (χ2n) is 9.93. The number of hydrogen-bond donors (Lipinski definition) is 0. The largest absolute Gasteiger partial charge is 0.431 e. The SMILES string of the molecule is Cc1cccc2c1C=NCCN=Cc1ccccc1OC(OC1Oc3ccccc3C=NCCN=Cc3ccccc3O1)O2. The molecule has 1 unspecified atom stereocenters. The molecule has 1 atom stereocenters. The third kappa shape index (κ3) is 7.37. The Hall–Kier alpha value is -5.28. The van der Waals surface area contributed by atoms with Crippen molar-refractivity contribution in [3.8, 4) is 23.0 Å². The topological polar surface area (TPSA) is 95.6 Å². The van der Waals surface area contributed by atoms with E-state index in [0.717, 1.165) is 27.8 Å². The Morgan fingerprint density at radius 3 is 1.34 bits per heavy atom. The Kier molecular flexibility index (Phi) is 9.34. The number of ether oxygens (including phenoxy) is 5. The molecule has 0 amide bonds. The number of para-hydroxylation sites is 3. The fraction of sp³-hybridized carbons (Fsp3) is 0.200. The molecule has 2 aliphatic rings. The van der Waals surface area contributed by atoms with Crippen LogP contribution in [0.5, 0.6) is 23.0 Å². The van der Waals surface area contributed by atoms with E-state index in [1.165, 1.54) is 0 Å². The van der Waals surface area contributed by atoms with Crippen molar-refractivity contribution >= 4 is 24.9 Å². The van der Waals surface area contributed by atoms with Gasteiger partial charge in [0.15, 0.2) is 0 Å². The van der Waals surface area contributed by atoms with Gasteiger partial charge in [0.1, 0.15) is 23.0 Å². The van der Waals surface area contributed by atoms with Crippen LogP contribution in [0.3, 0.4) is 0 Å². The lowest BCUT2D eigenvalue weighted by Gasteiger charge is -2.27. The number of rotatable bonds is 2. The highest BCUT2D eigenvalue weighted by atomic mass is 16.9. The van der Waals surface area contributed by atoms with E-state index in [9.17, 15) is 0 Å². The Balaban J connectivity index is 1.41.